The molecule has 0 bridgehead atoms. The standard InChI is InChI=1S/C13H16N4O3S/c1-7(18)16-8-3-4-17(6-8)12-9(5-14)10(15)11(21-12)13(19)20-2/h8H,3-4,6,15H2,1-2H3,(H,16,18). The van der Waals surface area contributed by atoms with E-state index in [2.05, 4.69) is 10.1 Å². The SMILES string of the molecule is COC(=O)c1sc(N2CCC(NC(C)=O)C2)c(C#N)c1N. The number of amides is 1. The van der Waals surface area contributed by atoms with Gasteiger partial charge in [0.05, 0.1) is 12.8 Å². The van der Waals surface area contributed by atoms with Gasteiger partial charge in [0, 0.05) is 26.1 Å². The summed E-state index contributed by atoms with van der Waals surface area (Å²) in [6, 6.07) is 2.09. The molecule has 7 nitrogen and oxygen atoms in total. The molecule has 112 valence electrons. The first-order valence-corrected chi connectivity index (χ1v) is 7.22. The van der Waals surface area contributed by atoms with Crippen molar-refractivity contribution in [1.82, 2.24) is 5.32 Å². The number of nitriles is 1. The molecule has 1 atom stereocenters. The maximum atomic E-state index is 11.7. The number of anilines is 2. The summed E-state index contributed by atoms with van der Waals surface area (Å²) in [5, 5.41) is 12.8. The van der Waals surface area contributed by atoms with E-state index in [4.69, 9.17) is 5.73 Å². The third-order valence-corrected chi connectivity index (χ3v) is 4.54. The van der Waals surface area contributed by atoms with E-state index < -0.39 is 5.97 Å². The van der Waals surface area contributed by atoms with E-state index in [0.717, 1.165) is 17.8 Å². The summed E-state index contributed by atoms with van der Waals surface area (Å²) in [5.74, 6) is -0.624. The fourth-order valence-electron chi connectivity index (χ4n) is 2.36. The number of hydrogen-bond acceptors (Lipinski definition) is 7. The molecule has 0 aliphatic carbocycles. The lowest BCUT2D eigenvalue weighted by Gasteiger charge is -2.17. The highest BCUT2D eigenvalue weighted by atomic mass is 32.1. The van der Waals surface area contributed by atoms with Gasteiger partial charge in [0.2, 0.25) is 5.91 Å². The monoisotopic (exact) mass is 308 g/mol. The molecule has 1 aromatic rings. The maximum absolute atomic E-state index is 11.7. The van der Waals surface area contributed by atoms with E-state index in [1.165, 1.54) is 14.0 Å². The Kier molecular flexibility index (Phi) is 4.33. The van der Waals surface area contributed by atoms with Gasteiger partial charge in [0.15, 0.2) is 0 Å². The fraction of sp³-hybridized carbons (Fsp3) is 0.462. The van der Waals surface area contributed by atoms with Crippen LogP contribution in [0.5, 0.6) is 0 Å². The molecule has 0 saturated carbocycles. The number of nitrogen functional groups attached to an aromatic ring is 1. The van der Waals surface area contributed by atoms with Crippen molar-refractivity contribution in [2.45, 2.75) is 19.4 Å². The zero-order valence-electron chi connectivity index (χ0n) is 11.8. The molecule has 21 heavy (non-hydrogen) atoms. The second kappa shape index (κ2) is 6.01. The molecule has 8 heteroatoms. The van der Waals surface area contributed by atoms with Crippen LogP contribution in [-0.2, 0) is 9.53 Å². The first-order chi connectivity index (χ1) is 9.97. The molecule has 1 unspecified atom stereocenters. The average molecular weight is 308 g/mol. The number of carbonyl (C=O) groups is 2. The van der Waals surface area contributed by atoms with Crippen LogP contribution < -0.4 is 16.0 Å². The summed E-state index contributed by atoms with van der Waals surface area (Å²) in [6.45, 7) is 2.76. The summed E-state index contributed by atoms with van der Waals surface area (Å²) in [6.07, 6.45) is 0.788. The van der Waals surface area contributed by atoms with Crippen LogP contribution in [0.3, 0.4) is 0 Å². The molecule has 2 heterocycles. The number of hydrogen-bond donors (Lipinski definition) is 2. The highest BCUT2D eigenvalue weighted by Gasteiger charge is 2.30. The molecular formula is C13H16N4O3S. The smallest absolute Gasteiger partial charge is 0.350 e. The number of nitrogens with zero attached hydrogens (tertiary/aromatic N) is 2. The Bertz CT molecular complexity index is 620. The molecule has 3 N–H and O–H groups in total. The predicted molar refractivity (Wildman–Crippen MR) is 79.2 cm³/mol. The normalized spacial score (nSPS) is 17.4. The molecule has 1 fully saturated rings. The van der Waals surface area contributed by atoms with E-state index in [0.29, 0.717) is 23.7 Å². The molecule has 1 aliphatic heterocycles. The molecule has 1 aliphatic rings. The largest absolute Gasteiger partial charge is 0.465 e. The average Bonchev–Trinajstić information content (AvgIpc) is 3.01. The highest BCUT2D eigenvalue weighted by molar-refractivity contribution is 7.18. The van der Waals surface area contributed by atoms with Crippen molar-refractivity contribution in [2.24, 2.45) is 0 Å². The molecule has 1 amide bonds. The van der Waals surface area contributed by atoms with Gasteiger partial charge in [-0.25, -0.2) is 4.79 Å². The maximum Gasteiger partial charge on any atom is 0.350 e. The van der Waals surface area contributed by atoms with E-state index in [-0.39, 0.29) is 22.5 Å². The Balaban J connectivity index is 2.27. The third-order valence-electron chi connectivity index (χ3n) is 3.29. The summed E-state index contributed by atoms with van der Waals surface area (Å²) in [7, 11) is 1.27. The second-order valence-electron chi connectivity index (χ2n) is 4.76. The van der Waals surface area contributed by atoms with Gasteiger partial charge in [-0.2, -0.15) is 5.26 Å². The fourth-order valence-corrected chi connectivity index (χ4v) is 3.48. The van der Waals surface area contributed by atoms with E-state index in [1.54, 1.807) is 0 Å². The zero-order chi connectivity index (χ0) is 15.6. The van der Waals surface area contributed by atoms with Crippen LogP contribution in [0.1, 0.15) is 28.6 Å². The van der Waals surface area contributed by atoms with Crippen LogP contribution in [0.4, 0.5) is 10.7 Å². The number of methoxy groups -OCH3 is 1. The number of esters is 1. The number of nitrogens with two attached hydrogens (primary N) is 1. The van der Waals surface area contributed by atoms with Crippen molar-refractivity contribution < 1.29 is 14.3 Å². The van der Waals surface area contributed by atoms with Crippen LogP contribution in [0.25, 0.3) is 0 Å². The summed E-state index contributed by atoms with van der Waals surface area (Å²) < 4.78 is 4.67. The van der Waals surface area contributed by atoms with Gasteiger partial charge >= 0.3 is 5.97 Å². The van der Waals surface area contributed by atoms with E-state index >= 15 is 0 Å². The van der Waals surface area contributed by atoms with Crippen molar-refractivity contribution in [3.63, 3.8) is 0 Å². The minimum Gasteiger partial charge on any atom is -0.465 e. The van der Waals surface area contributed by atoms with Gasteiger partial charge < -0.3 is 20.7 Å². The van der Waals surface area contributed by atoms with Crippen LogP contribution in [0.15, 0.2) is 0 Å². The molecule has 1 saturated heterocycles. The molecular weight excluding hydrogens is 292 g/mol. The lowest BCUT2D eigenvalue weighted by molar-refractivity contribution is -0.119. The lowest BCUT2D eigenvalue weighted by Crippen LogP contribution is -2.35. The Morgan fingerprint density at radius 3 is 2.86 bits per heavy atom. The quantitative estimate of drug-likeness (QED) is 0.796. The Labute approximate surface area is 126 Å². The summed E-state index contributed by atoms with van der Waals surface area (Å²) in [5.41, 5.74) is 6.32. The van der Waals surface area contributed by atoms with Gasteiger partial charge in [-0.15, -0.1) is 11.3 Å². The van der Waals surface area contributed by atoms with Gasteiger partial charge in [0.25, 0.3) is 0 Å². The minimum absolute atomic E-state index is 0.0407. The van der Waals surface area contributed by atoms with Crippen LogP contribution in [-0.4, -0.2) is 38.1 Å². The van der Waals surface area contributed by atoms with E-state index in [1.807, 2.05) is 11.0 Å². The van der Waals surface area contributed by atoms with Crippen LogP contribution >= 0.6 is 11.3 Å². The van der Waals surface area contributed by atoms with E-state index in [9.17, 15) is 14.9 Å². The zero-order valence-corrected chi connectivity index (χ0v) is 12.6. The molecule has 0 radical (unpaired) electrons. The Morgan fingerprint density at radius 2 is 2.29 bits per heavy atom. The topological polar surface area (TPSA) is 108 Å². The van der Waals surface area contributed by atoms with Crippen LogP contribution in [0.2, 0.25) is 0 Å². The van der Waals surface area contributed by atoms with Gasteiger partial charge in [-0.3, -0.25) is 4.79 Å². The van der Waals surface area contributed by atoms with Crippen molar-refractivity contribution in [2.75, 3.05) is 30.8 Å². The van der Waals surface area contributed by atoms with Crippen molar-refractivity contribution >= 4 is 33.9 Å². The Morgan fingerprint density at radius 1 is 1.57 bits per heavy atom. The number of nitrogens with one attached hydrogen (secondary N) is 1. The first kappa shape index (κ1) is 15.1. The minimum atomic E-state index is -0.544. The number of carbonyl (C=O) groups excluding carboxylic acids is 2. The van der Waals surface area contributed by atoms with Crippen molar-refractivity contribution in [3.05, 3.63) is 10.4 Å². The van der Waals surface area contributed by atoms with Crippen LogP contribution in [0, 0.1) is 11.3 Å². The van der Waals surface area contributed by atoms with Gasteiger partial charge in [-0.05, 0) is 6.42 Å². The number of ether oxygens (including phenoxy) is 1. The highest BCUT2D eigenvalue weighted by Crippen LogP contribution is 2.39. The summed E-state index contributed by atoms with van der Waals surface area (Å²) in [4.78, 5) is 25.0. The number of thiophene rings is 1. The molecule has 0 spiro atoms. The lowest BCUT2D eigenvalue weighted by atomic mass is 10.2. The predicted octanol–water partition coefficient (Wildman–Crippen LogP) is 0.703. The molecule has 0 aromatic carbocycles. The number of rotatable bonds is 3. The molecule has 1 aromatic heterocycles. The van der Waals surface area contributed by atoms with Crippen molar-refractivity contribution in [1.29, 1.82) is 5.26 Å². The van der Waals surface area contributed by atoms with Crippen molar-refractivity contribution in [3.8, 4) is 6.07 Å². The third kappa shape index (κ3) is 2.92. The Hall–Kier alpha value is -2.27. The molecule has 2 rings (SSSR count). The first-order valence-electron chi connectivity index (χ1n) is 6.40. The summed E-state index contributed by atoms with van der Waals surface area (Å²) >= 11 is 1.15. The second-order valence-corrected chi connectivity index (χ2v) is 5.76. The van der Waals surface area contributed by atoms with Gasteiger partial charge in [-0.1, -0.05) is 0 Å². The van der Waals surface area contributed by atoms with Gasteiger partial charge in [0.1, 0.15) is 21.5 Å².